The molecule has 1 nitrogen and oxygen atoms in total. The van der Waals surface area contributed by atoms with Crippen molar-refractivity contribution in [1.29, 1.82) is 0 Å². The fraction of sp³-hybridized carbons (Fsp3) is 0.647. The first-order valence-electron chi connectivity index (χ1n) is 7.64. The van der Waals surface area contributed by atoms with Crippen LogP contribution in [-0.2, 0) is 0 Å². The quantitative estimate of drug-likeness (QED) is 0.371. The van der Waals surface area contributed by atoms with Crippen LogP contribution in [0.2, 0.25) is 0 Å². The van der Waals surface area contributed by atoms with E-state index in [0.29, 0.717) is 6.61 Å². The average molecular weight is 283 g/mol. The summed E-state index contributed by atoms with van der Waals surface area (Å²) in [5.41, 5.74) is 1.21. The van der Waals surface area contributed by atoms with E-state index in [0.717, 1.165) is 12.2 Å². The third-order valence-corrected chi connectivity index (χ3v) is 3.83. The predicted octanol–water partition coefficient (Wildman–Crippen LogP) is 6.12. The highest BCUT2D eigenvalue weighted by atomic mass is 35.5. The van der Waals surface area contributed by atoms with Gasteiger partial charge in [0.05, 0.1) is 12.0 Å². The molecule has 0 N–H and O–H groups in total. The molecule has 108 valence electrons. The molecule has 2 heteroatoms. The molecule has 0 spiro atoms. The Morgan fingerprint density at radius 1 is 0.947 bits per heavy atom. The fourth-order valence-electron chi connectivity index (χ4n) is 2.21. The van der Waals surface area contributed by atoms with Crippen molar-refractivity contribution in [2.45, 2.75) is 64.2 Å². The molecule has 0 aliphatic heterocycles. The Kier molecular flexibility index (Phi) is 8.73. The molecule has 1 atom stereocenters. The van der Waals surface area contributed by atoms with Crippen LogP contribution in [0.1, 0.15) is 69.7 Å². The number of rotatable bonds is 10. The fourth-order valence-corrected chi connectivity index (χ4v) is 2.51. The summed E-state index contributed by atoms with van der Waals surface area (Å²) in [5, 5.41) is 0.141. The highest BCUT2D eigenvalue weighted by molar-refractivity contribution is 6.20. The lowest BCUT2D eigenvalue weighted by atomic mass is 10.0. The van der Waals surface area contributed by atoms with Gasteiger partial charge in [0.2, 0.25) is 0 Å². The Bertz CT molecular complexity index is 321. The van der Waals surface area contributed by atoms with Crippen LogP contribution >= 0.6 is 11.6 Å². The number of ether oxygens (including phenoxy) is 1. The van der Waals surface area contributed by atoms with Crippen molar-refractivity contribution < 1.29 is 4.74 Å². The van der Waals surface area contributed by atoms with E-state index in [1.54, 1.807) is 0 Å². The molecule has 0 aliphatic carbocycles. The molecule has 0 aromatic heterocycles. The van der Waals surface area contributed by atoms with Crippen LogP contribution in [0.25, 0.3) is 0 Å². The topological polar surface area (TPSA) is 9.23 Å². The van der Waals surface area contributed by atoms with Gasteiger partial charge >= 0.3 is 0 Å². The molecule has 19 heavy (non-hydrogen) atoms. The first-order chi connectivity index (χ1) is 9.27. The van der Waals surface area contributed by atoms with Gasteiger partial charge in [0, 0.05) is 0 Å². The van der Waals surface area contributed by atoms with E-state index in [2.05, 4.69) is 19.1 Å². The summed E-state index contributed by atoms with van der Waals surface area (Å²) >= 11 is 6.43. The van der Waals surface area contributed by atoms with Crippen LogP contribution in [0.3, 0.4) is 0 Å². The third kappa shape index (κ3) is 6.87. The lowest BCUT2D eigenvalue weighted by Gasteiger charge is -2.11. The van der Waals surface area contributed by atoms with E-state index in [1.165, 1.54) is 44.1 Å². The second-order valence-electron chi connectivity index (χ2n) is 5.03. The van der Waals surface area contributed by atoms with E-state index in [1.807, 2.05) is 19.1 Å². The van der Waals surface area contributed by atoms with Crippen molar-refractivity contribution in [3.05, 3.63) is 29.8 Å². The average Bonchev–Trinajstić information content (AvgIpc) is 2.43. The zero-order chi connectivity index (χ0) is 13.9. The van der Waals surface area contributed by atoms with Gasteiger partial charge < -0.3 is 4.74 Å². The summed E-state index contributed by atoms with van der Waals surface area (Å²) in [5.74, 6) is 0.926. The van der Waals surface area contributed by atoms with Crippen molar-refractivity contribution in [3.63, 3.8) is 0 Å². The molecule has 0 bridgehead atoms. The minimum Gasteiger partial charge on any atom is -0.494 e. The maximum Gasteiger partial charge on any atom is 0.119 e. The molecule has 0 radical (unpaired) electrons. The van der Waals surface area contributed by atoms with Crippen LogP contribution in [0.4, 0.5) is 0 Å². The smallest absolute Gasteiger partial charge is 0.119 e. The van der Waals surface area contributed by atoms with Crippen molar-refractivity contribution in [1.82, 2.24) is 0 Å². The summed E-state index contributed by atoms with van der Waals surface area (Å²) in [7, 11) is 0. The van der Waals surface area contributed by atoms with Gasteiger partial charge in [-0.15, -0.1) is 11.6 Å². The number of halogens is 1. The monoisotopic (exact) mass is 282 g/mol. The standard InChI is InChI=1S/C17H27ClO/c1-3-5-6-7-8-9-10-17(18)15-11-13-16(14-12-15)19-4-2/h11-14,17H,3-10H2,1-2H3. The maximum atomic E-state index is 6.43. The summed E-state index contributed by atoms with van der Waals surface area (Å²) in [6, 6.07) is 8.18. The van der Waals surface area contributed by atoms with Gasteiger partial charge in [0.25, 0.3) is 0 Å². The predicted molar refractivity (Wildman–Crippen MR) is 84.2 cm³/mol. The molecular weight excluding hydrogens is 256 g/mol. The minimum absolute atomic E-state index is 0.141. The number of benzene rings is 1. The minimum atomic E-state index is 0.141. The number of hydrogen-bond donors (Lipinski definition) is 0. The Labute approximate surface area is 123 Å². The largest absolute Gasteiger partial charge is 0.494 e. The van der Waals surface area contributed by atoms with Crippen molar-refractivity contribution in [3.8, 4) is 5.75 Å². The van der Waals surface area contributed by atoms with Crippen LogP contribution < -0.4 is 4.74 Å². The van der Waals surface area contributed by atoms with Crippen LogP contribution in [0.5, 0.6) is 5.75 Å². The zero-order valence-corrected chi connectivity index (χ0v) is 13.1. The second-order valence-corrected chi connectivity index (χ2v) is 5.55. The Balaban J connectivity index is 2.23. The molecule has 0 amide bonds. The van der Waals surface area contributed by atoms with Crippen LogP contribution in [-0.4, -0.2) is 6.61 Å². The van der Waals surface area contributed by atoms with E-state index >= 15 is 0 Å². The Hall–Kier alpha value is -0.690. The Morgan fingerprint density at radius 2 is 1.58 bits per heavy atom. The number of unbranched alkanes of at least 4 members (excludes halogenated alkanes) is 5. The molecule has 1 unspecified atom stereocenters. The molecule has 1 aromatic carbocycles. The van der Waals surface area contributed by atoms with Crippen LogP contribution in [0.15, 0.2) is 24.3 Å². The van der Waals surface area contributed by atoms with Gasteiger partial charge in [-0.25, -0.2) is 0 Å². The zero-order valence-electron chi connectivity index (χ0n) is 12.3. The van der Waals surface area contributed by atoms with E-state index in [-0.39, 0.29) is 5.38 Å². The van der Waals surface area contributed by atoms with Crippen molar-refractivity contribution in [2.24, 2.45) is 0 Å². The van der Waals surface area contributed by atoms with E-state index in [9.17, 15) is 0 Å². The lowest BCUT2D eigenvalue weighted by molar-refractivity contribution is 0.340. The maximum absolute atomic E-state index is 6.43. The van der Waals surface area contributed by atoms with Crippen LogP contribution in [0, 0.1) is 0 Å². The van der Waals surface area contributed by atoms with Gasteiger partial charge in [-0.05, 0) is 31.0 Å². The first kappa shape index (κ1) is 16.4. The molecule has 0 aliphatic rings. The van der Waals surface area contributed by atoms with Gasteiger partial charge in [-0.1, -0.05) is 57.6 Å². The summed E-state index contributed by atoms with van der Waals surface area (Å²) in [4.78, 5) is 0. The van der Waals surface area contributed by atoms with E-state index < -0.39 is 0 Å². The van der Waals surface area contributed by atoms with Crippen molar-refractivity contribution >= 4 is 11.6 Å². The SMILES string of the molecule is CCCCCCCCC(Cl)c1ccc(OCC)cc1. The third-order valence-electron chi connectivity index (χ3n) is 3.36. The van der Waals surface area contributed by atoms with Gasteiger partial charge in [-0.3, -0.25) is 0 Å². The molecule has 0 saturated carbocycles. The lowest BCUT2D eigenvalue weighted by Crippen LogP contribution is -1.94. The van der Waals surface area contributed by atoms with Gasteiger partial charge in [0.15, 0.2) is 0 Å². The Morgan fingerprint density at radius 3 is 2.21 bits per heavy atom. The molecule has 0 saturated heterocycles. The highest BCUT2D eigenvalue weighted by Crippen LogP contribution is 2.28. The normalized spacial score (nSPS) is 12.4. The molecular formula is C17H27ClO. The number of hydrogen-bond acceptors (Lipinski definition) is 1. The summed E-state index contributed by atoms with van der Waals surface area (Å²) in [6.45, 7) is 4.96. The number of alkyl halides is 1. The molecule has 1 rings (SSSR count). The van der Waals surface area contributed by atoms with E-state index in [4.69, 9.17) is 16.3 Å². The second kappa shape index (κ2) is 10.1. The highest BCUT2D eigenvalue weighted by Gasteiger charge is 2.07. The molecule has 0 fully saturated rings. The summed E-state index contributed by atoms with van der Waals surface area (Å²) in [6.07, 6.45) is 8.99. The first-order valence-corrected chi connectivity index (χ1v) is 8.08. The van der Waals surface area contributed by atoms with Gasteiger partial charge in [0.1, 0.15) is 5.75 Å². The molecule has 0 heterocycles. The molecule has 1 aromatic rings. The van der Waals surface area contributed by atoms with Gasteiger partial charge in [-0.2, -0.15) is 0 Å². The van der Waals surface area contributed by atoms with Crippen molar-refractivity contribution in [2.75, 3.05) is 6.61 Å². The summed E-state index contributed by atoms with van der Waals surface area (Å²) < 4.78 is 5.43.